The third-order valence-electron chi connectivity index (χ3n) is 4.23. The fourth-order valence-electron chi connectivity index (χ4n) is 2.64. The zero-order valence-electron chi connectivity index (χ0n) is 16.0. The van der Waals surface area contributed by atoms with Crippen LogP contribution in [0.4, 0.5) is 0 Å². The lowest BCUT2D eigenvalue weighted by molar-refractivity contribution is 0.0940. The van der Waals surface area contributed by atoms with E-state index < -0.39 is 10.0 Å². The number of amides is 1. The summed E-state index contributed by atoms with van der Waals surface area (Å²) in [5, 5.41) is 10.9. The van der Waals surface area contributed by atoms with Crippen LogP contribution in [0.3, 0.4) is 0 Å². The molecule has 0 aliphatic carbocycles. The molecule has 1 aromatic heterocycles. The van der Waals surface area contributed by atoms with Crippen LogP contribution in [0.15, 0.2) is 58.8 Å². The minimum Gasteiger partial charge on any atom is -0.487 e. The molecular formula is C20H21N3O4S2. The Bertz CT molecular complexity index is 1090. The molecule has 1 amide bonds. The first-order valence-electron chi connectivity index (χ1n) is 8.80. The van der Waals surface area contributed by atoms with Crippen molar-refractivity contribution in [2.45, 2.75) is 31.4 Å². The topological polar surface area (TPSA) is 111 Å². The van der Waals surface area contributed by atoms with E-state index in [4.69, 9.17) is 9.88 Å². The first-order chi connectivity index (χ1) is 13.7. The van der Waals surface area contributed by atoms with E-state index in [-0.39, 0.29) is 16.8 Å². The highest BCUT2D eigenvalue weighted by Gasteiger charge is 2.13. The Labute approximate surface area is 173 Å². The molecule has 0 radical (unpaired) electrons. The van der Waals surface area contributed by atoms with Crippen LogP contribution in [-0.4, -0.2) is 19.3 Å². The highest BCUT2D eigenvalue weighted by atomic mass is 32.2. The molecule has 0 aliphatic heterocycles. The van der Waals surface area contributed by atoms with E-state index >= 15 is 0 Å². The van der Waals surface area contributed by atoms with Crippen LogP contribution >= 0.6 is 11.3 Å². The summed E-state index contributed by atoms with van der Waals surface area (Å²) in [4.78, 5) is 16.8. The summed E-state index contributed by atoms with van der Waals surface area (Å²) in [6.45, 7) is 4.13. The molecule has 29 heavy (non-hydrogen) atoms. The first-order valence-corrected chi connectivity index (χ1v) is 11.2. The standard InChI is InChI=1S/C20H21N3O4S2/c1-13(15-5-9-19(10-6-15)29(21,25)26)22-20(24)16-3-7-18(8-4-16)27-11-17-12-28-14(2)23-17/h3-10,12-13H,11H2,1-2H3,(H,22,24)(H2,21,25,26)/t13-/m1/s1. The lowest BCUT2D eigenvalue weighted by Crippen LogP contribution is -2.26. The number of primary sulfonamides is 1. The molecule has 0 aliphatic rings. The molecule has 0 saturated carbocycles. The maximum atomic E-state index is 12.5. The number of rotatable bonds is 7. The molecule has 1 atom stereocenters. The molecule has 9 heteroatoms. The number of sulfonamides is 1. The second-order valence-electron chi connectivity index (χ2n) is 6.48. The van der Waals surface area contributed by atoms with Gasteiger partial charge in [-0.3, -0.25) is 4.79 Å². The Morgan fingerprint density at radius 3 is 2.38 bits per heavy atom. The van der Waals surface area contributed by atoms with Gasteiger partial charge in [-0.05, 0) is 55.8 Å². The van der Waals surface area contributed by atoms with Crippen LogP contribution in [0.2, 0.25) is 0 Å². The molecule has 0 spiro atoms. The van der Waals surface area contributed by atoms with Gasteiger partial charge in [0.15, 0.2) is 0 Å². The quantitative estimate of drug-likeness (QED) is 0.597. The predicted octanol–water partition coefficient (Wildman–Crippen LogP) is 3.17. The number of benzene rings is 2. The molecule has 3 aromatic rings. The third-order valence-corrected chi connectivity index (χ3v) is 5.98. The molecule has 0 bridgehead atoms. The van der Waals surface area contributed by atoms with E-state index in [0.717, 1.165) is 16.3 Å². The lowest BCUT2D eigenvalue weighted by Gasteiger charge is -2.15. The summed E-state index contributed by atoms with van der Waals surface area (Å²) >= 11 is 1.57. The third kappa shape index (κ3) is 5.63. The van der Waals surface area contributed by atoms with Crippen molar-refractivity contribution in [3.8, 4) is 5.75 Å². The molecule has 7 nitrogen and oxygen atoms in total. The number of thiazole rings is 1. The molecule has 3 rings (SSSR count). The Hall–Kier alpha value is -2.75. The number of aryl methyl sites for hydroxylation is 1. The molecule has 152 valence electrons. The van der Waals surface area contributed by atoms with E-state index in [9.17, 15) is 13.2 Å². The summed E-state index contributed by atoms with van der Waals surface area (Å²) in [6, 6.07) is 12.6. The SMILES string of the molecule is Cc1nc(COc2ccc(C(=O)N[C@H](C)c3ccc(S(N)(=O)=O)cc3)cc2)cs1. The molecule has 0 saturated heterocycles. The average molecular weight is 432 g/mol. The van der Waals surface area contributed by atoms with Gasteiger partial charge >= 0.3 is 0 Å². The van der Waals surface area contributed by atoms with Crippen molar-refractivity contribution in [2.24, 2.45) is 5.14 Å². The second kappa shape index (κ2) is 8.73. The minimum absolute atomic E-state index is 0.0307. The summed E-state index contributed by atoms with van der Waals surface area (Å²) < 4.78 is 28.3. The number of aromatic nitrogens is 1. The molecule has 0 fully saturated rings. The fourth-order valence-corrected chi connectivity index (χ4v) is 3.76. The second-order valence-corrected chi connectivity index (χ2v) is 9.10. The Balaban J connectivity index is 1.58. The van der Waals surface area contributed by atoms with Crippen molar-refractivity contribution < 1.29 is 17.9 Å². The summed E-state index contributed by atoms with van der Waals surface area (Å²) in [7, 11) is -3.74. The van der Waals surface area contributed by atoms with Crippen molar-refractivity contribution in [1.82, 2.24) is 10.3 Å². The number of carbonyl (C=O) groups is 1. The maximum Gasteiger partial charge on any atom is 0.251 e. The van der Waals surface area contributed by atoms with Crippen LogP contribution in [0.1, 0.15) is 39.6 Å². The highest BCUT2D eigenvalue weighted by Crippen LogP contribution is 2.18. The van der Waals surface area contributed by atoms with Gasteiger partial charge in [0.1, 0.15) is 12.4 Å². The van der Waals surface area contributed by atoms with Crippen molar-refractivity contribution in [2.75, 3.05) is 0 Å². The van der Waals surface area contributed by atoms with Crippen LogP contribution in [0.5, 0.6) is 5.75 Å². The van der Waals surface area contributed by atoms with Gasteiger partial charge in [-0.1, -0.05) is 12.1 Å². The number of nitrogens with one attached hydrogen (secondary N) is 1. The van der Waals surface area contributed by atoms with Crippen LogP contribution in [-0.2, 0) is 16.6 Å². The number of hydrogen-bond donors (Lipinski definition) is 2. The Morgan fingerprint density at radius 2 is 1.83 bits per heavy atom. The molecule has 0 unspecified atom stereocenters. The predicted molar refractivity (Wildman–Crippen MR) is 111 cm³/mol. The van der Waals surface area contributed by atoms with E-state index in [2.05, 4.69) is 10.3 Å². The number of ether oxygens (including phenoxy) is 1. The van der Waals surface area contributed by atoms with E-state index in [0.29, 0.717) is 17.9 Å². The van der Waals surface area contributed by atoms with Gasteiger partial charge < -0.3 is 10.1 Å². The van der Waals surface area contributed by atoms with Crippen LogP contribution < -0.4 is 15.2 Å². The molecular weight excluding hydrogens is 410 g/mol. The normalized spacial score (nSPS) is 12.4. The molecule has 3 N–H and O–H groups in total. The number of nitrogens with zero attached hydrogens (tertiary/aromatic N) is 1. The Kier molecular flexibility index (Phi) is 6.31. The van der Waals surface area contributed by atoms with E-state index in [1.165, 1.54) is 12.1 Å². The van der Waals surface area contributed by atoms with Gasteiger partial charge in [0.2, 0.25) is 10.0 Å². The van der Waals surface area contributed by atoms with Crippen LogP contribution in [0, 0.1) is 6.92 Å². The summed E-state index contributed by atoms with van der Waals surface area (Å²) in [5.41, 5.74) is 2.13. The monoisotopic (exact) mass is 431 g/mol. The maximum absolute atomic E-state index is 12.5. The van der Waals surface area contributed by atoms with E-state index in [1.54, 1.807) is 47.7 Å². The van der Waals surface area contributed by atoms with Gasteiger partial charge in [-0.25, -0.2) is 18.5 Å². The molecule has 1 heterocycles. The Morgan fingerprint density at radius 1 is 1.17 bits per heavy atom. The average Bonchev–Trinajstić information content (AvgIpc) is 3.11. The number of hydrogen-bond acceptors (Lipinski definition) is 6. The smallest absolute Gasteiger partial charge is 0.251 e. The lowest BCUT2D eigenvalue weighted by atomic mass is 10.1. The van der Waals surface area contributed by atoms with Crippen molar-refractivity contribution >= 4 is 27.3 Å². The zero-order chi connectivity index (χ0) is 21.0. The van der Waals surface area contributed by atoms with Gasteiger partial charge in [-0.15, -0.1) is 11.3 Å². The minimum atomic E-state index is -3.74. The van der Waals surface area contributed by atoms with E-state index in [1.807, 2.05) is 19.2 Å². The van der Waals surface area contributed by atoms with Crippen LogP contribution in [0.25, 0.3) is 0 Å². The highest BCUT2D eigenvalue weighted by molar-refractivity contribution is 7.89. The van der Waals surface area contributed by atoms with Gasteiger partial charge in [0, 0.05) is 10.9 Å². The van der Waals surface area contributed by atoms with Crippen molar-refractivity contribution in [3.05, 3.63) is 75.7 Å². The summed E-state index contributed by atoms with van der Waals surface area (Å²) in [5.74, 6) is 0.411. The van der Waals surface area contributed by atoms with Gasteiger partial charge in [-0.2, -0.15) is 0 Å². The van der Waals surface area contributed by atoms with Crippen molar-refractivity contribution in [1.29, 1.82) is 0 Å². The number of carbonyl (C=O) groups excluding carboxylic acids is 1. The zero-order valence-corrected chi connectivity index (χ0v) is 17.6. The largest absolute Gasteiger partial charge is 0.487 e. The molecule has 2 aromatic carbocycles. The first kappa shape index (κ1) is 21.0. The van der Waals surface area contributed by atoms with Crippen molar-refractivity contribution in [3.63, 3.8) is 0 Å². The van der Waals surface area contributed by atoms with Gasteiger partial charge in [0.25, 0.3) is 5.91 Å². The fraction of sp³-hybridized carbons (Fsp3) is 0.200. The number of nitrogens with two attached hydrogens (primary N) is 1. The summed E-state index contributed by atoms with van der Waals surface area (Å²) in [6.07, 6.45) is 0. The van der Waals surface area contributed by atoms with Gasteiger partial charge in [0.05, 0.1) is 21.6 Å².